The van der Waals surface area contributed by atoms with E-state index < -0.39 is 12.0 Å². The maximum atomic E-state index is 11.1. The Morgan fingerprint density at radius 3 is 2.69 bits per heavy atom. The van der Waals surface area contributed by atoms with Gasteiger partial charge in [-0.15, -0.1) is 11.3 Å². The summed E-state index contributed by atoms with van der Waals surface area (Å²) in [6.45, 7) is 1.80. The molecular weight excluding hydrogens is 194 g/mol. The van der Waals surface area contributed by atoms with Gasteiger partial charge >= 0.3 is 6.09 Å². The highest BCUT2D eigenvalue weighted by atomic mass is 32.1. The van der Waals surface area contributed by atoms with Gasteiger partial charge in [0.05, 0.1) is 0 Å². The molecule has 0 saturated heterocycles. The number of nitrogens with one attached hydrogen (secondary N) is 2. The van der Waals surface area contributed by atoms with Crippen molar-refractivity contribution >= 4 is 23.3 Å². The number of rotatable bonds is 1. The fourth-order valence-corrected chi connectivity index (χ4v) is 1.28. The summed E-state index contributed by atoms with van der Waals surface area (Å²) in [6.07, 6.45) is 0.224. The van der Waals surface area contributed by atoms with Crippen LogP contribution in [0.25, 0.3) is 0 Å². The molecule has 0 aliphatic carbocycles. The molecule has 13 heavy (non-hydrogen) atoms. The Morgan fingerprint density at radius 1 is 1.54 bits per heavy atom. The van der Waals surface area contributed by atoms with Crippen molar-refractivity contribution in [3.8, 4) is 0 Å². The summed E-state index contributed by atoms with van der Waals surface area (Å²) in [5, 5.41) is 8.40. The molecule has 0 aliphatic heterocycles. The van der Waals surface area contributed by atoms with Gasteiger partial charge in [-0.1, -0.05) is 0 Å². The van der Waals surface area contributed by atoms with E-state index in [1.807, 2.05) is 5.43 Å². The molecule has 0 spiro atoms. The lowest BCUT2D eigenvalue weighted by molar-refractivity contribution is 0.0926. The predicted molar refractivity (Wildman–Crippen MR) is 45.5 cm³/mol. The van der Waals surface area contributed by atoms with Crippen molar-refractivity contribution in [1.82, 2.24) is 15.8 Å². The number of aryl methyl sites for hydroxylation is 1. The van der Waals surface area contributed by atoms with Gasteiger partial charge in [-0.3, -0.25) is 10.2 Å². The normalized spacial score (nSPS) is 9.31. The van der Waals surface area contributed by atoms with Gasteiger partial charge in [0.25, 0.3) is 5.91 Å². The second-order valence-electron chi connectivity index (χ2n) is 2.16. The van der Waals surface area contributed by atoms with Gasteiger partial charge < -0.3 is 5.11 Å². The third-order valence-corrected chi connectivity index (χ3v) is 2.01. The van der Waals surface area contributed by atoms with Crippen LogP contribution < -0.4 is 10.9 Å². The van der Waals surface area contributed by atoms with Crippen LogP contribution in [0, 0.1) is 6.92 Å². The highest BCUT2D eigenvalue weighted by Crippen LogP contribution is 2.09. The summed E-state index contributed by atoms with van der Waals surface area (Å²) in [5.41, 5.74) is 3.71. The lowest BCUT2D eigenvalue weighted by Crippen LogP contribution is -2.40. The van der Waals surface area contributed by atoms with E-state index in [2.05, 4.69) is 4.98 Å². The minimum absolute atomic E-state index is 0.228. The van der Waals surface area contributed by atoms with Gasteiger partial charge in [-0.2, -0.15) is 0 Å². The topological polar surface area (TPSA) is 91.3 Å². The number of nitrogens with zero attached hydrogens (tertiary/aromatic N) is 1. The Balaban J connectivity index is 2.54. The van der Waals surface area contributed by atoms with Crippen LogP contribution in [0.15, 0.2) is 6.20 Å². The first-order valence-corrected chi connectivity index (χ1v) is 4.13. The van der Waals surface area contributed by atoms with E-state index in [4.69, 9.17) is 5.11 Å². The van der Waals surface area contributed by atoms with Crippen LogP contribution in [0.3, 0.4) is 0 Å². The molecule has 0 aliphatic rings. The summed E-state index contributed by atoms with van der Waals surface area (Å²) in [4.78, 5) is 25.7. The minimum atomic E-state index is -1.32. The van der Waals surface area contributed by atoms with Crippen molar-refractivity contribution < 1.29 is 14.7 Å². The molecule has 0 fully saturated rings. The Morgan fingerprint density at radius 2 is 2.23 bits per heavy atom. The first kappa shape index (κ1) is 9.46. The zero-order valence-corrected chi connectivity index (χ0v) is 7.51. The highest BCUT2D eigenvalue weighted by Gasteiger charge is 2.09. The maximum absolute atomic E-state index is 11.1. The number of thiazole rings is 1. The summed E-state index contributed by atoms with van der Waals surface area (Å²) in [7, 11) is 0. The summed E-state index contributed by atoms with van der Waals surface area (Å²) in [5.74, 6) is -0.555. The van der Waals surface area contributed by atoms with E-state index >= 15 is 0 Å². The molecule has 0 aromatic carbocycles. The molecule has 6 nitrogen and oxygen atoms in total. The van der Waals surface area contributed by atoms with Crippen molar-refractivity contribution in [2.45, 2.75) is 6.92 Å². The third-order valence-electron chi connectivity index (χ3n) is 1.10. The van der Waals surface area contributed by atoms with Crippen molar-refractivity contribution in [2.24, 2.45) is 0 Å². The van der Waals surface area contributed by atoms with Crippen LogP contribution >= 0.6 is 11.3 Å². The molecule has 3 N–H and O–H groups in total. The number of hydrogen-bond donors (Lipinski definition) is 3. The van der Waals surface area contributed by atoms with Crippen molar-refractivity contribution in [2.75, 3.05) is 0 Å². The Bertz CT molecular complexity index is 336. The van der Waals surface area contributed by atoms with Crippen LogP contribution in [0.4, 0.5) is 4.79 Å². The number of carbonyl (C=O) groups excluding carboxylic acids is 1. The zero-order valence-electron chi connectivity index (χ0n) is 6.70. The van der Waals surface area contributed by atoms with Crippen LogP contribution in [0.5, 0.6) is 0 Å². The molecule has 7 heteroatoms. The van der Waals surface area contributed by atoms with E-state index in [1.165, 1.54) is 11.3 Å². The van der Waals surface area contributed by atoms with Gasteiger partial charge in [0.2, 0.25) is 0 Å². The first-order chi connectivity index (χ1) is 6.09. The average Bonchev–Trinajstić information content (AvgIpc) is 2.47. The molecule has 2 amide bonds. The van der Waals surface area contributed by atoms with Crippen LogP contribution in [-0.2, 0) is 0 Å². The zero-order chi connectivity index (χ0) is 9.84. The number of amides is 2. The van der Waals surface area contributed by atoms with Gasteiger partial charge in [0.1, 0.15) is 0 Å². The molecular formula is C6H7N3O3S. The van der Waals surface area contributed by atoms with Crippen molar-refractivity contribution in [1.29, 1.82) is 0 Å². The largest absolute Gasteiger partial charge is 0.464 e. The molecule has 0 saturated carbocycles. The van der Waals surface area contributed by atoms with Crippen LogP contribution in [-0.4, -0.2) is 22.1 Å². The standard InChI is InChI=1S/C6H7N3O3S/c1-3-2-7-5(13-3)4(10)8-9-6(11)12/h2,9H,1H3,(H,8,10)(H,11,12). The molecule has 0 unspecified atom stereocenters. The number of carboxylic acid groups (broad SMARTS) is 1. The number of carbonyl (C=O) groups is 2. The highest BCUT2D eigenvalue weighted by molar-refractivity contribution is 7.13. The number of hydrogen-bond acceptors (Lipinski definition) is 4. The molecule has 1 rings (SSSR count). The molecule has 0 bridgehead atoms. The monoisotopic (exact) mass is 201 g/mol. The molecule has 1 aromatic heterocycles. The second kappa shape index (κ2) is 3.85. The summed E-state index contributed by atoms with van der Waals surface area (Å²) >= 11 is 1.19. The Hall–Kier alpha value is -1.63. The fourth-order valence-electron chi connectivity index (χ4n) is 0.623. The van der Waals surface area contributed by atoms with Crippen LogP contribution in [0.2, 0.25) is 0 Å². The van der Waals surface area contributed by atoms with Gasteiger partial charge in [-0.05, 0) is 6.92 Å². The minimum Gasteiger partial charge on any atom is -0.464 e. The predicted octanol–water partition coefficient (Wildman–Crippen LogP) is 0.364. The molecule has 1 aromatic rings. The molecule has 70 valence electrons. The van der Waals surface area contributed by atoms with E-state index in [1.54, 1.807) is 18.5 Å². The Labute approximate surface area is 77.6 Å². The third kappa shape index (κ3) is 2.71. The van der Waals surface area contributed by atoms with Gasteiger partial charge in [0, 0.05) is 11.1 Å². The lowest BCUT2D eigenvalue weighted by Gasteiger charge is -1.99. The molecule has 0 atom stereocenters. The lowest BCUT2D eigenvalue weighted by atomic mass is 10.6. The maximum Gasteiger partial charge on any atom is 0.423 e. The van der Waals surface area contributed by atoms with E-state index in [0.717, 1.165) is 4.88 Å². The number of hydrazine groups is 1. The molecule has 0 radical (unpaired) electrons. The SMILES string of the molecule is Cc1cnc(C(=O)NNC(=O)O)s1. The second-order valence-corrected chi connectivity index (χ2v) is 3.40. The quantitative estimate of drug-likeness (QED) is 0.572. The molecule has 1 heterocycles. The van der Waals surface area contributed by atoms with Gasteiger partial charge in [-0.25, -0.2) is 15.2 Å². The van der Waals surface area contributed by atoms with Crippen molar-refractivity contribution in [3.05, 3.63) is 16.1 Å². The first-order valence-electron chi connectivity index (χ1n) is 3.31. The fraction of sp³-hybridized carbons (Fsp3) is 0.167. The van der Waals surface area contributed by atoms with E-state index in [9.17, 15) is 9.59 Å². The summed E-state index contributed by atoms with van der Waals surface area (Å²) < 4.78 is 0. The number of aromatic nitrogens is 1. The van der Waals surface area contributed by atoms with Crippen molar-refractivity contribution in [3.63, 3.8) is 0 Å². The summed E-state index contributed by atoms with van der Waals surface area (Å²) in [6, 6.07) is 0. The average molecular weight is 201 g/mol. The Kier molecular flexibility index (Phi) is 2.80. The van der Waals surface area contributed by atoms with Gasteiger partial charge in [0.15, 0.2) is 5.01 Å². The van der Waals surface area contributed by atoms with E-state index in [-0.39, 0.29) is 5.01 Å². The van der Waals surface area contributed by atoms with E-state index in [0.29, 0.717) is 0 Å². The van der Waals surface area contributed by atoms with Crippen LogP contribution in [0.1, 0.15) is 14.7 Å². The smallest absolute Gasteiger partial charge is 0.423 e.